The molecule has 2 aromatic heterocycles. The largest absolute Gasteiger partial charge is 0.457 e. The molecule has 0 N–H and O–H groups in total. The minimum absolute atomic E-state index is 0.0801. The Bertz CT molecular complexity index is 5070. The van der Waals surface area contributed by atoms with Gasteiger partial charge in [0, 0.05) is 54.2 Å². The van der Waals surface area contributed by atoms with Crippen molar-refractivity contribution in [1.82, 2.24) is 9.55 Å². The van der Waals surface area contributed by atoms with Crippen LogP contribution in [0, 0.1) is 0 Å². The van der Waals surface area contributed by atoms with Crippen LogP contribution in [0.25, 0.3) is 72.1 Å². The molecule has 16 rings (SSSR count). The number of nitrogens with zero attached hydrogens (tertiary/aromatic N) is 4. The maximum absolute atomic E-state index is 9.68. The van der Waals surface area contributed by atoms with Gasteiger partial charge in [-0.05, 0) is 161 Å². The number of benzene rings is 11. The van der Waals surface area contributed by atoms with Gasteiger partial charge in [-0.1, -0.05) is 244 Å². The third-order valence-corrected chi connectivity index (χ3v) is 19.4. The van der Waals surface area contributed by atoms with Crippen LogP contribution in [0.15, 0.2) is 261 Å². The van der Waals surface area contributed by atoms with Crippen LogP contribution in [0.1, 0.15) is 115 Å². The Morgan fingerprint density at radius 3 is 1.65 bits per heavy atom. The minimum Gasteiger partial charge on any atom is -0.457 e. The highest BCUT2D eigenvalue weighted by atomic mass is 16.5. The van der Waals surface area contributed by atoms with Crippen molar-refractivity contribution in [2.45, 2.75) is 90.3 Å². The van der Waals surface area contributed by atoms with Crippen molar-refractivity contribution >= 4 is 44.6 Å². The molecule has 0 unspecified atom stereocenters. The molecule has 0 saturated heterocycles. The van der Waals surface area contributed by atoms with Gasteiger partial charge < -0.3 is 14.5 Å². The highest BCUT2D eigenvalue weighted by Crippen LogP contribution is 2.61. The smallest absolute Gasteiger partial charge is 0.137 e. The number of ether oxygens (including phenoxy) is 1. The lowest BCUT2D eigenvalue weighted by molar-refractivity contribution is 0.483. The number of hydrogen-bond acceptors (Lipinski definition) is 4. The lowest BCUT2D eigenvalue weighted by Gasteiger charge is -2.40. The quantitative estimate of drug-likeness (QED) is 0.152. The third-order valence-electron chi connectivity index (χ3n) is 19.4. The molecule has 5 heteroatoms. The molecular weight excluding hydrogens is 1100 g/mol. The predicted octanol–water partition coefficient (Wildman–Crippen LogP) is 22.4. The fourth-order valence-electron chi connectivity index (χ4n) is 14.7. The zero-order valence-electron chi connectivity index (χ0n) is 55.2. The summed E-state index contributed by atoms with van der Waals surface area (Å²) in [6, 6.07) is 91.9. The summed E-state index contributed by atoms with van der Waals surface area (Å²) in [4.78, 5) is 10.1. The summed E-state index contributed by atoms with van der Waals surface area (Å²) in [7, 11) is 0. The van der Waals surface area contributed by atoms with E-state index in [0.717, 1.165) is 118 Å². The highest BCUT2D eigenvalue weighted by molar-refractivity contribution is 6.09. The van der Waals surface area contributed by atoms with Crippen molar-refractivity contribution in [3.8, 4) is 61.8 Å². The van der Waals surface area contributed by atoms with E-state index in [4.69, 9.17) is 9.72 Å². The topological polar surface area (TPSA) is 33.5 Å². The highest BCUT2D eigenvalue weighted by Gasteiger charge is 2.50. The summed E-state index contributed by atoms with van der Waals surface area (Å²) in [6.07, 6.45) is 0.308. The Labute approximate surface area is 538 Å². The van der Waals surface area contributed by atoms with Gasteiger partial charge in [0.05, 0.1) is 33.5 Å². The standard InChI is InChI=1S/C86H74N4O/c1-83(2,3)61-40-36-55(37-41-61)59-39-45-81(87-53-59)90-77-33-17-13-27-70(77)71-43-42-66(52-80(71)90)91-65-25-20-24-64(51-65)88-54-89(79-35-19-18-34-78(79)88)82-67(28-21-29-68(82)60-47-62(84(4,5)6)50-63(48-60)85(7,8)9)56-38-44-76-72(49-56)69-26-12-16-32-75(69)86(76)73-30-14-10-22-57(73)46-58-23-11-15-31-74(58)86/h10-45,47-53H,46,54H2,1-9H3/i46D2. The molecule has 13 aromatic rings. The summed E-state index contributed by atoms with van der Waals surface area (Å²) in [5.41, 5.74) is 24.3. The van der Waals surface area contributed by atoms with E-state index >= 15 is 0 Å². The Morgan fingerprint density at radius 2 is 0.956 bits per heavy atom. The zero-order valence-corrected chi connectivity index (χ0v) is 53.2. The lowest BCUT2D eigenvalue weighted by Crippen LogP contribution is -2.34. The van der Waals surface area contributed by atoms with Gasteiger partial charge in [-0.15, -0.1) is 0 Å². The number of aromatic nitrogens is 2. The monoisotopic (exact) mass is 1180 g/mol. The molecular formula is C86H74N4O. The predicted molar refractivity (Wildman–Crippen MR) is 380 cm³/mol. The second kappa shape index (κ2) is 20.9. The molecule has 3 heterocycles. The molecule has 444 valence electrons. The van der Waals surface area contributed by atoms with Crippen LogP contribution in [0.3, 0.4) is 0 Å². The molecule has 0 atom stereocenters. The van der Waals surface area contributed by atoms with Crippen molar-refractivity contribution in [2.24, 2.45) is 0 Å². The van der Waals surface area contributed by atoms with Crippen molar-refractivity contribution in [3.63, 3.8) is 0 Å². The molecule has 0 bridgehead atoms. The summed E-state index contributed by atoms with van der Waals surface area (Å²) < 4.78 is 28.6. The van der Waals surface area contributed by atoms with Crippen LogP contribution in [0.5, 0.6) is 11.5 Å². The molecule has 2 aliphatic carbocycles. The van der Waals surface area contributed by atoms with Gasteiger partial charge in [0.15, 0.2) is 0 Å². The molecule has 1 spiro atoms. The van der Waals surface area contributed by atoms with E-state index in [-0.39, 0.29) is 16.2 Å². The van der Waals surface area contributed by atoms with Crippen LogP contribution in [-0.2, 0) is 28.0 Å². The molecule has 0 fully saturated rings. The minimum atomic E-state index is -1.68. The van der Waals surface area contributed by atoms with Gasteiger partial charge in [-0.25, -0.2) is 4.98 Å². The first-order chi connectivity index (χ1) is 44.7. The van der Waals surface area contributed by atoms with E-state index in [1.54, 1.807) is 0 Å². The Balaban J connectivity index is 0.807. The summed E-state index contributed by atoms with van der Waals surface area (Å²) in [5, 5.41) is 2.28. The zero-order chi connectivity index (χ0) is 63.9. The first-order valence-corrected chi connectivity index (χ1v) is 32.0. The van der Waals surface area contributed by atoms with E-state index in [1.165, 1.54) is 27.8 Å². The fraction of sp³-hybridized carbons (Fsp3) is 0.174. The van der Waals surface area contributed by atoms with Crippen molar-refractivity contribution < 1.29 is 7.48 Å². The summed E-state index contributed by atoms with van der Waals surface area (Å²) in [6.45, 7) is 21.2. The molecule has 0 saturated carbocycles. The molecule has 11 aromatic carbocycles. The molecule has 3 aliphatic rings. The van der Waals surface area contributed by atoms with E-state index in [0.29, 0.717) is 17.8 Å². The van der Waals surface area contributed by atoms with Crippen LogP contribution in [0.4, 0.5) is 22.7 Å². The number of hydrogen-bond donors (Lipinski definition) is 0. The van der Waals surface area contributed by atoms with Crippen LogP contribution >= 0.6 is 0 Å². The van der Waals surface area contributed by atoms with Gasteiger partial charge in [0.2, 0.25) is 0 Å². The van der Waals surface area contributed by atoms with Crippen molar-refractivity contribution in [3.05, 3.63) is 311 Å². The lowest BCUT2D eigenvalue weighted by atomic mass is 9.61. The Morgan fingerprint density at radius 1 is 0.396 bits per heavy atom. The molecule has 0 radical (unpaired) electrons. The number of fused-ring (bicyclic) bond motifs is 13. The Kier molecular flexibility index (Phi) is 12.4. The summed E-state index contributed by atoms with van der Waals surface area (Å²) in [5.74, 6) is 2.30. The van der Waals surface area contributed by atoms with Crippen molar-refractivity contribution in [1.29, 1.82) is 0 Å². The molecule has 0 amide bonds. The van der Waals surface area contributed by atoms with Gasteiger partial charge >= 0.3 is 0 Å². The Hall–Kier alpha value is -10.2. The first-order valence-electron chi connectivity index (χ1n) is 33.0. The maximum atomic E-state index is 9.68. The van der Waals surface area contributed by atoms with Gasteiger partial charge in [-0.2, -0.15) is 0 Å². The number of para-hydroxylation sites is 4. The van der Waals surface area contributed by atoms with E-state index in [2.05, 4.69) is 307 Å². The number of pyridine rings is 1. The normalized spacial score (nSPS) is 14.8. The maximum Gasteiger partial charge on any atom is 0.137 e. The average Bonchev–Trinajstić information content (AvgIpc) is 1.58. The fourth-order valence-corrected chi connectivity index (χ4v) is 14.7. The van der Waals surface area contributed by atoms with E-state index < -0.39 is 11.8 Å². The summed E-state index contributed by atoms with van der Waals surface area (Å²) >= 11 is 0. The third kappa shape index (κ3) is 9.22. The molecule has 91 heavy (non-hydrogen) atoms. The van der Waals surface area contributed by atoms with E-state index in [1.807, 2.05) is 30.5 Å². The second-order valence-corrected chi connectivity index (χ2v) is 28.1. The number of rotatable bonds is 8. The average molecular weight is 1180 g/mol. The SMILES string of the molecule is [2H]C1([2H])c2ccccc2C2(c3ccccc3-c3cc(-c4cccc(-c5cc(C(C)(C)C)cc(C(C)(C)C)c5)c4N4CN(c5cccc(Oc6ccc7c8ccccc8n(-c8ccc(-c9ccc(C(C)(C)C)cc9)cn8)c7c6)c5)c5ccccc54)ccc32)c2ccccc21. The van der Waals surface area contributed by atoms with Crippen LogP contribution < -0.4 is 14.5 Å². The molecule has 5 nitrogen and oxygen atoms in total. The van der Waals surface area contributed by atoms with Gasteiger partial charge in [-0.3, -0.25) is 4.57 Å². The van der Waals surface area contributed by atoms with Gasteiger partial charge in [0.1, 0.15) is 24.0 Å². The first kappa shape index (κ1) is 53.8. The van der Waals surface area contributed by atoms with Gasteiger partial charge in [0.25, 0.3) is 0 Å². The number of anilines is 4. The van der Waals surface area contributed by atoms with Crippen molar-refractivity contribution in [2.75, 3.05) is 16.5 Å². The second-order valence-electron chi connectivity index (χ2n) is 28.1. The van der Waals surface area contributed by atoms with Crippen LogP contribution in [0.2, 0.25) is 0 Å². The van der Waals surface area contributed by atoms with Crippen LogP contribution in [-0.4, -0.2) is 16.2 Å². The molecule has 1 aliphatic heterocycles. The van der Waals surface area contributed by atoms with E-state index in [9.17, 15) is 2.74 Å².